The molecule has 2 amide bonds. The summed E-state index contributed by atoms with van der Waals surface area (Å²) in [5, 5.41) is 3.91. The molecular formula is C17H16N4O2. The van der Waals surface area contributed by atoms with E-state index in [0.717, 1.165) is 11.3 Å². The van der Waals surface area contributed by atoms with E-state index in [-0.39, 0.29) is 18.2 Å². The Hall–Kier alpha value is -3.02. The first-order chi connectivity index (χ1) is 11.2. The van der Waals surface area contributed by atoms with Crippen molar-refractivity contribution < 1.29 is 9.59 Å². The fourth-order valence-electron chi connectivity index (χ4n) is 2.35. The van der Waals surface area contributed by atoms with Crippen molar-refractivity contribution in [3.05, 3.63) is 60.4 Å². The molecule has 1 aromatic carbocycles. The first-order valence-corrected chi connectivity index (χ1v) is 7.35. The second-order valence-electron chi connectivity index (χ2n) is 5.18. The van der Waals surface area contributed by atoms with E-state index in [0.29, 0.717) is 18.7 Å². The molecule has 0 atom stereocenters. The first kappa shape index (κ1) is 14.9. The summed E-state index contributed by atoms with van der Waals surface area (Å²) in [5.41, 5.74) is 4.43. The van der Waals surface area contributed by atoms with E-state index < -0.39 is 0 Å². The van der Waals surface area contributed by atoms with E-state index in [9.17, 15) is 9.59 Å². The molecule has 0 radical (unpaired) electrons. The number of amides is 2. The zero-order chi connectivity index (χ0) is 16.1. The van der Waals surface area contributed by atoms with Gasteiger partial charge in [0.05, 0.1) is 6.54 Å². The highest BCUT2D eigenvalue weighted by Crippen LogP contribution is 2.18. The Morgan fingerprint density at radius 3 is 2.61 bits per heavy atom. The molecule has 0 saturated heterocycles. The van der Waals surface area contributed by atoms with Crippen LogP contribution < -0.4 is 10.3 Å². The molecule has 0 saturated carbocycles. The van der Waals surface area contributed by atoms with Crippen LogP contribution in [0.2, 0.25) is 0 Å². The quantitative estimate of drug-likeness (QED) is 0.937. The normalized spacial score (nSPS) is 13.9. The third-order valence-electron chi connectivity index (χ3n) is 3.53. The molecule has 1 aliphatic heterocycles. The van der Waals surface area contributed by atoms with Crippen LogP contribution in [0.5, 0.6) is 0 Å². The third-order valence-corrected chi connectivity index (χ3v) is 3.53. The number of carbonyl (C=O) groups is 2. The Kier molecular flexibility index (Phi) is 4.42. The lowest BCUT2D eigenvalue weighted by Crippen LogP contribution is -2.40. The lowest BCUT2D eigenvalue weighted by Gasteiger charge is -2.24. The highest BCUT2D eigenvalue weighted by atomic mass is 16.2. The van der Waals surface area contributed by atoms with Gasteiger partial charge in [-0.05, 0) is 23.8 Å². The smallest absolute Gasteiger partial charge is 0.274 e. The summed E-state index contributed by atoms with van der Waals surface area (Å²) < 4.78 is 0. The van der Waals surface area contributed by atoms with Crippen molar-refractivity contribution in [2.45, 2.75) is 19.4 Å². The molecule has 1 N–H and O–H groups in total. The number of nitrogens with zero attached hydrogens (tertiary/aromatic N) is 3. The van der Waals surface area contributed by atoms with E-state index in [1.54, 1.807) is 17.3 Å². The van der Waals surface area contributed by atoms with E-state index >= 15 is 0 Å². The van der Waals surface area contributed by atoms with Gasteiger partial charge in [-0.25, -0.2) is 5.43 Å². The number of hydrazone groups is 1. The molecular weight excluding hydrogens is 292 g/mol. The SMILES string of the molecule is O=C1CCC(C(=O)N(Cc2cccnc2)c2ccccc2)=NN1. The van der Waals surface area contributed by atoms with Crippen molar-refractivity contribution in [2.75, 3.05) is 4.90 Å². The minimum Gasteiger partial charge on any atom is -0.303 e. The van der Waals surface area contributed by atoms with Gasteiger partial charge in [0.25, 0.3) is 5.91 Å². The van der Waals surface area contributed by atoms with Crippen LogP contribution in [0.4, 0.5) is 5.69 Å². The predicted molar refractivity (Wildman–Crippen MR) is 86.7 cm³/mol. The molecule has 1 aliphatic rings. The highest BCUT2D eigenvalue weighted by molar-refractivity contribution is 6.44. The van der Waals surface area contributed by atoms with Crippen LogP contribution in [-0.2, 0) is 16.1 Å². The topological polar surface area (TPSA) is 74.7 Å². The fraction of sp³-hybridized carbons (Fsp3) is 0.176. The molecule has 0 spiro atoms. The number of pyridine rings is 1. The molecule has 6 nitrogen and oxygen atoms in total. The van der Waals surface area contributed by atoms with Crippen molar-refractivity contribution in [1.29, 1.82) is 0 Å². The Morgan fingerprint density at radius 1 is 1.13 bits per heavy atom. The molecule has 116 valence electrons. The minimum atomic E-state index is -0.208. The van der Waals surface area contributed by atoms with Gasteiger partial charge in [-0.15, -0.1) is 0 Å². The molecule has 3 rings (SSSR count). The minimum absolute atomic E-state index is 0.167. The van der Waals surface area contributed by atoms with E-state index in [4.69, 9.17) is 0 Å². The number of aromatic nitrogens is 1. The van der Waals surface area contributed by atoms with Gasteiger partial charge in [-0.3, -0.25) is 14.6 Å². The second-order valence-corrected chi connectivity index (χ2v) is 5.18. The zero-order valence-electron chi connectivity index (χ0n) is 12.5. The van der Waals surface area contributed by atoms with Crippen molar-refractivity contribution in [2.24, 2.45) is 5.10 Å². The molecule has 2 heterocycles. The summed E-state index contributed by atoms with van der Waals surface area (Å²) in [6.07, 6.45) is 4.05. The maximum Gasteiger partial charge on any atom is 0.274 e. The van der Waals surface area contributed by atoms with Crippen molar-refractivity contribution in [3.63, 3.8) is 0 Å². The van der Waals surface area contributed by atoms with Crippen LogP contribution >= 0.6 is 0 Å². The largest absolute Gasteiger partial charge is 0.303 e. The molecule has 0 bridgehead atoms. The van der Waals surface area contributed by atoms with Crippen LogP contribution in [0.1, 0.15) is 18.4 Å². The predicted octanol–water partition coefficient (Wildman–Crippen LogP) is 1.88. The second kappa shape index (κ2) is 6.83. The lowest BCUT2D eigenvalue weighted by molar-refractivity contribution is -0.121. The Bertz CT molecular complexity index is 729. The number of rotatable bonds is 4. The van der Waals surface area contributed by atoms with Gasteiger partial charge in [0.2, 0.25) is 5.91 Å². The molecule has 23 heavy (non-hydrogen) atoms. The van der Waals surface area contributed by atoms with Crippen molar-refractivity contribution >= 4 is 23.2 Å². The number of anilines is 1. The van der Waals surface area contributed by atoms with Gasteiger partial charge < -0.3 is 4.90 Å². The number of nitrogens with one attached hydrogen (secondary N) is 1. The van der Waals surface area contributed by atoms with Crippen LogP contribution in [0.15, 0.2) is 60.0 Å². The number of benzene rings is 1. The van der Waals surface area contributed by atoms with Crippen molar-refractivity contribution in [3.8, 4) is 0 Å². The molecule has 0 unspecified atom stereocenters. The van der Waals surface area contributed by atoms with Crippen LogP contribution in [0.25, 0.3) is 0 Å². The third kappa shape index (κ3) is 3.60. The van der Waals surface area contributed by atoms with E-state index in [2.05, 4.69) is 15.5 Å². The molecule has 0 fully saturated rings. The highest BCUT2D eigenvalue weighted by Gasteiger charge is 2.24. The van der Waals surface area contributed by atoms with Crippen molar-refractivity contribution in [1.82, 2.24) is 10.4 Å². The monoisotopic (exact) mass is 308 g/mol. The number of carbonyl (C=O) groups excluding carboxylic acids is 2. The molecule has 6 heteroatoms. The van der Waals surface area contributed by atoms with Crippen LogP contribution in [-0.4, -0.2) is 22.5 Å². The summed E-state index contributed by atoms with van der Waals surface area (Å²) >= 11 is 0. The summed E-state index contributed by atoms with van der Waals surface area (Å²) in [4.78, 5) is 29.8. The summed E-state index contributed by atoms with van der Waals surface area (Å²) in [6.45, 7) is 0.393. The summed E-state index contributed by atoms with van der Waals surface area (Å²) in [6, 6.07) is 13.1. The molecule has 0 aliphatic carbocycles. The molecule has 1 aromatic heterocycles. The summed E-state index contributed by atoms with van der Waals surface area (Å²) in [7, 11) is 0. The van der Waals surface area contributed by atoms with Gasteiger partial charge in [0.15, 0.2) is 0 Å². The Morgan fingerprint density at radius 2 is 1.96 bits per heavy atom. The van der Waals surface area contributed by atoms with Gasteiger partial charge in [-0.1, -0.05) is 24.3 Å². The van der Waals surface area contributed by atoms with Gasteiger partial charge in [0, 0.05) is 30.9 Å². The Balaban J connectivity index is 1.89. The maximum absolute atomic E-state index is 12.8. The van der Waals surface area contributed by atoms with Crippen LogP contribution in [0.3, 0.4) is 0 Å². The number of hydrogen-bond donors (Lipinski definition) is 1. The maximum atomic E-state index is 12.8. The average molecular weight is 308 g/mol. The Labute approximate surface area is 133 Å². The first-order valence-electron chi connectivity index (χ1n) is 7.35. The van der Waals surface area contributed by atoms with Gasteiger partial charge >= 0.3 is 0 Å². The number of hydrogen-bond acceptors (Lipinski definition) is 4. The average Bonchev–Trinajstić information content (AvgIpc) is 2.61. The van der Waals surface area contributed by atoms with Crippen LogP contribution in [0, 0.1) is 0 Å². The number of para-hydroxylation sites is 1. The fourth-order valence-corrected chi connectivity index (χ4v) is 2.35. The van der Waals surface area contributed by atoms with E-state index in [1.807, 2.05) is 42.5 Å². The van der Waals surface area contributed by atoms with Gasteiger partial charge in [-0.2, -0.15) is 5.10 Å². The molecule has 2 aromatic rings. The standard InChI is InChI=1S/C17H16N4O2/c22-16-9-8-15(19-20-16)17(23)21(14-6-2-1-3-7-14)12-13-5-4-10-18-11-13/h1-7,10-11H,8-9,12H2,(H,20,22). The lowest BCUT2D eigenvalue weighted by atomic mass is 10.1. The summed E-state index contributed by atoms with van der Waals surface area (Å²) in [5.74, 6) is -0.375. The zero-order valence-corrected chi connectivity index (χ0v) is 12.5. The van der Waals surface area contributed by atoms with Gasteiger partial charge in [0.1, 0.15) is 5.71 Å². The van der Waals surface area contributed by atoms with E-state index in [1.165, 1.54) is 0 Å².